The summed E-state index contributed by atoms with van der Waals surface area (Å²) in [6.07, 6.45) is 7.94. The summed E-state index contributed by atoms with van der Waals surface area (Å²) >= 11 is 0. The second kappa shape index (κ2) is 6.25. The zero-order chi connectivity index (χ0) is 15.5. The third-order valence-corrected chi connectivity index (χ3v) is 4.30. The molecule has 1 heterocycles. The lowest BCUT2D eigenvalue weighted by atomic mass is 9.96. The van der Waals surface area contributed by atoms with Crippen molar-refractivity contribution in [3.63, 3.8) is 0 Å². The highest BCUT2D eigenvalue weighted by molar-refractivity contribution is 5.76. The van der Waals surface area contributed by atoms with Crippen molar-refractivity contribution in [3.8, 4) is 22.6 Å². The molecular weight excluding hydrogens is 282 g/mol. The second-order valence-corrected chi connectivity index (χ2v) is 5.93. The van der Waals surface area contributed by atoms with Crippen molar-refractivity contribution in [2.45, 2.75) is 25.2 Å². The van der Waals surface area contributed by atoms with Crippen molar-refractivity contribution >= 4 is 0 Å². The van der Waals surface area contributed by atoms with Crippen molar-refractivity contribution in [2.75, 3.05) is 0 Å². The average Bonchev–Trinajstić information content (AvgIpc) is 3.09. The predicted octanol–water partition coefficient (Wildman–Crippen LogP) is 5.83. The van der Waals surface area contributed by atoms with Gasteiger partial charge in [0.15, 0.2) is 5.76 Å². The highest BCUT2D eigenvalue weighted by Gasteiger charge is 2.22. The Morgan fingerprint density at radius 3 is 2.22 bits per heavy atom. The van der Waals surface area contributed by atoms with Crippen LogP contribution in [0.5, 0.6) is 0 Å². The van der Waals surface area contributed by atoms with Crippen molar-refractivity contribution in [1.82, 2.24) is 4.98 Å². The van der Waals surface area contributed by atoms with Crippen LogP contribution in [0.15, 0.2) is 77.2 Å². The van der Waals surface area contributed by atoms with Crippen LogP contribution in [0.25, 0.3) is 22.6 Å². The summed E-state index contributed by atoms with van der Waals surface area (Å²) in [6, 6.07) is 20.5. The van der Waals surface area contributed by atoms with Crippen LogP contribution in [0.1, 0.15) is 31.1 Å². The monoisotopic (exact) mass is 301 g/mol. The highest BCUT2D eigenvalue weighted by Crippen LogP contribution is 2.36. The molecule has 1 aromatic heterocycles. The van der Waals surface area contributed by atoms with Gasteiger partial charge in [0.25, 0.3) is 0 Å². The van der Waals surface area contributed by atoms with Crippen molar-refractivity contribution in [3.05, 3.63) is 78.7 Å². The van der Waals surface area contributed by atoms with Crippen molar-refractivity contribution < 1.29 is 4.42 Å². The third kappa shape index (κ3) is 2.85. The molecule has 1 unspecified atom stereocenters. The summed E-state index contributed by atoms with van der Waals surface area (Å²) in [6.45, 7) is 0. The van der Waals surface area contributed by atoms with Gasteiger partial charge in [-0.25, -0.2) is 4.98 Å². The molecule has 0 saturated heterocycles. The van der Waals surface area contributed by atoms with Crippen LogP contribution in [0.2, 0.25) is 0 Å². The largest absolute Gasteiger partial charge is 0.439 e. The highest BCUT2D eigenvalue weighted by atomic mass is 16.4. The van der Waals surface area contributed by atoms with Crippen LogP contribution in [0.4, 0.5) is 0 Å². The van der Waals surface area contributed by atoms with Crippen LogP contribution in [0.3, 0.4) is 0 Å². The molecule has 0 amide bonds. The molecule has 23 heavy (non-hydrogen) atoms. The van der Waals surface area contributed by atoms with Crippen LogP contribution < -0.4 is 0 Å². The first-order valence-electron chi connectivity index (χ1n) is 8.20. The summed E-state index contributed by atoms with van der Waals surface area (Å²) < 4.78 is 6.23. The first kappa shape index (κ1) is 14.0. The molecule has 2 heteroatoms. The van der Waals surface area contributed by atoms with Crippen molar-refractivity contribution in [2.24, 2.45) is 0 Å². The molecule has 0 spiro atoms. The summed E-state index contributed by atoms with van der Waals surface area (Å²) in [5.74, 6) is 1.99. The van der Waals surface area contributed by atoms with Crippen LogP contribution in [-0.2, 0) is 0 Å². The van der Waals surface area contributed by atoms with Gasteiger partial charge in [-0.2, -0.15) is 0 Å². The van der Waals surface area contributed by atoms with Gasteiger partial charge in [-0.3, -0.25) is 0 Å². The zero-order valence-electron chi connectivity index (χ0n) is 13.0. The van der Waals surface area contributed by atoms with E-state index in [1.165, 1.54) is 6.42 Å². The molecular formula is C21H19NO. The van der Waals surface area contributed by atoms with Gasteiger partial charge in [-0.1, -0.05) is 72.8 Å². The van der Waals surface area contributed by atoms with Gasteiger partial charge < -0.3 is 4.42 Å². The molecule has 0 N–H and O–H groups in total. The lowest BCUT2D eigenvalue weighted by Crippen LogP contribution is -1.99. The molecule has 0 aliphatic heterocycles. The Hall–Kier alpha value is -2.61. The maximum Gasteiger partial charge on any atom is 0.202 e. The number of rotatable bonds is 3. The molecule has 4 rings (SSSR count). The molecule has 0 fully saturated rings. The van der Waals surface area contributed by atoms with Crippen molar-refractivity contribution in [1.29, 1.82) is 0 Å². The maximum atomic E-state index is 6.23. The SMILES string of the molecule is C1=CC(c2nc(-c3ccccc3)c(-c3ccccc3)o2)CCC1. The fourth-order valence-electron chi connectivity index (χ4n) is 3.09. The van der Waals surface area contributed by atoms with Gasteiger partial charge in [-0.15, -0.1) is 0 Å². The van der Waals surface area contributed by atoms with E-state index in [1.807, 2.05) is 36.4 Å². The Morgan fingerprint density at radius 1 is 0.870 bits per heavy atom. The van der Waals surface area contributed by atoms with Crippen LogP contribution in [0, 0.1) is 0 Å². The molecule has 2 nitrogen and oxygen atoms in total. The Labute approximate surface area is 136 Å². The zero-order valence-corrected chi connectivity index (χ0v) is 13.0. The normalized spacial score (nSPS) is 17.3. The molecule has 1 aliphatic rings. The third-order valence-electron chi connectivity index (χ3n) is 4.30. The summed E-state index contributed by atoms with van der Waals surface area (Å²) in [5, 5.41) is 0. The van der Waals surface area contributed by atoms with Crippen LogP contribution in [-0.4, -0.2) is 4.98 Å². The Kier molecular flexibility index (Phi) is 3.81. The first-order valence-corrected chi connectivity index (χ1v) is 8.20. The van der Waals surface area contributed by atoms with Gasteiger partial charge in [0.05, 0.1) is 5.92 Å². The topological polar surface area (TPSA) is 26.0 Å². The molecule has 114 valence electrons. The van der Waals surface area contributed by atoms with E-state index < -0.39 is 0 Å². The Morgan fingerprint density at radius 2 is 1.57 bits per heavy atom. The van der Waals surface area contributed by atoms with Gasteiger partial charge in [0.2, 0.25) is 5.89 Å². The summed E-state index contributed by atoms with van der Waals surface area (Å²) in [7, 11) is 0. The standard InChI is InChI=1S/C21H19NO/c1-4-10-16(11-5-1)19-20(17-12-6-2-7-13-17)23-21(22-19)18-14-8-3-9-15-18/h1-2,4-8,10-14,18H,3,9,15H2. The Bertz CT molecular complexity index is 745. The number of allylic oxidation sites excluding steroid dienone is 2. The molecule has 1 atom stereocenters. The fraction of sp³-hybridized carbons (Fsp3) is 0.190. The van der Waals surface area contributed by atoms with Crippen LogP contribution >= 0.6 is 0 Å². The number of aromatic nitrogens is 1. The predicted molar refractivity (Wildman–Crippen MR) is 93.1 cm³/mol. The first-order chi connectivity index (χ1) is 11.4. The van der Waals surface area contributed by atoms with E-state index >= 15 is 0 Å². The minimum atomic E-state index is 0.295. The molecule has 3 aromatic rings. The lowest BCUT2D eigenvalue weighted by molar-refractivity contribution is 0.461. The van der Waals surface area contributed by atoms with Gasteiger partial charge in [-0.05, 0) is 19.3 Å². The number of hydrogen-bond acceptors (Lipinski definition) is 2. The summed E-state index contributed by atoms with van der Waals surface area (Å²) in [5.41, 5.74) is 3.11. The summed E-state index contributed by atoms with van der Waals surface area (Å²) in [4.78, 5) is 4.86. The van der Waals surface area contributed by atoms with Gasteiger partial charge in [0.1, 0.15) is 5.69 Å². The number of benzene rings is 2. The minimum Gasteiger partial charge on any atom is -0.439 e. The number of oxazole rings is 1. The van der Waals surface area contributed by atoms with Gasteiger partial charge in [0, 0.05) is 11.1 Å². The quantitative estimate of drug-likeness (QED) is 0.569. The lowest BCUT2D eigenvalue weighted by Gasteiger charge is -2.11. The molecule has 1 aliphatic carbocycles. The smallest absolute Gasteiger partial charge is 0.202 e. The fourth-order valence-corrected chi connectivity index (χ4v) is 3.09. The number of hydrogen-bond donors (Lipinski definition) is 0. The van der Waals surface area contributed by atoms with E-state index in [9.17, 15) is 0 Å². The molecule has 0 radical (unpaired) electrons. The van der Waals surface area contributed by atoms with E-state index in [1.54, 1.807) is 0 Å². The van der Waals surface area contributed by atoms with E-state index in [-0.39, 0.29) is 0 Å². The van der Waals surface area contributed by atoms with E-state index in [4.69, 9.17) is 9.40 Å². The second-order valence-electron chi connectivity index (χ2n) is 5.93. The molecule has 0 saturated carbocycles. The molecule has 2 aromatic carbocycles. The van der Waals surface area contributed by atoms with E-state index in [0.717, 1.165) is 41.3 Å². The van der Waals surface area contributed by atoms with E-state index in [0.29, 0.717) is 5.92 Å². The Balaban J connectivity index is 1.84. The maximum absolute atomic E-state index is 6.23. The average molecular weight is 301 g/mol. The molecule has 0 bridgehead atoms. The van der Waals surface area contributed by atoms with Gasteiger partial charge >= 0.3 is 0 Å². The minimum absolute atomic E-state index is 0.295. The van der Waals surface area contributed by atoms with E-state index in [2.05, 4.69) is 36.4 Å². The number of nitrogens with zero attached hydrogens (tertiary/aromatic N) is 1.